The summed E-state index contributed by atoms with van der Waals surface area (Å²) in [7, 11) is 0. The number of carboxylic acid groups (broad SMARTS) is 1. The van der Waals surface area contributed by atoms with Gasteiger partial charge >= 0.3 is 12.1 Å². The highest BCUT2D eigenvalue weighted by molar-refractivity contribution is 5.92. The van der Waals surface area contributed by atoms with Gasteiger partial charge in [0.1, 0.15) is 24.2 Å². The van der Waals surface area contributed by atoms with Gasteiger partial charge in [-0.25, -0.2) is 4.79 Å². The van der Waals surface area contributed by atoms with Crippen LogP contribution in [0, 0.1) is 5.92 Å². The third-order valence-electron chi connectivity index (χ3n) is 4.20. The first-order valence-corrected chi connectivity index (χ1v) is 10.3. The van der Waals surface area contributed by atoms with Crippen LogP contribution >= 0.6 is 0 Å². The van der Waals surface area contributed by atoms with Crippen LogP contribution in [0.25, 0.3) is 0 Å². The number of nitrogens with one attached hydrogen (secondary N) is 4. The maximum absolute atomic E-state index is 12.6. The van der Waals surface area contributed by atoms with Gasteiger partial charge in [0.05, 0.1) is 0 Å². The van der Waals surface area contributed by atoms with Crippen LogP contribution in [0.5, 0.6) is 0 Å². The number of hydrogen-bond donors (Lipinski definition) is 5. The second-order valence-electron chi connectivity index (χ2n) is 8.28. The molecule has 31 heavy (non-hydrogen) atoms. The second kappa shape index (κ2) is 13.5. The summed E-state index contributed by atoms with van der Waals surface area (Å²) in [5, 5.41) is 18.5. The summed E-state index contributed by atoms with van der Waals surface area (Å²) in [6.07, 6.45) is 0.597. The number of alkyl carbamates (subject to hydrolysis) is 1. The highest BCUT2D eigenvalue weighted by Crippen LogP contribution is 2.07. The molecule has 0 aliphatic carbocycles. The molecule has 3 atom stereocenters. The van der Waals surface area contributed by atoms with Crippen LogP contribution in [0.3, 0.4) is 0 Å². The monoisotopic (exact) mass is 444 g/mol. The molecule has 0 aromatic carbocycles. The van der Waals surface area contributed by atoms with Crippen molar-refractivity contribution in [2.24, 2.45) is 5.92 Å². The van der Waals surface area contributed by atoms with Gasteiger partial charge in [0.2, 0.25) is 17.7 Å². The minimum atomic E-state index is -1.21. The van der Waals surface area contributed by atoms with Gasteiger partial charge < -0.3 is 31.1 Å². The van der Waals surface area contributed by atoms with Gasteiger partial charge in [-0.2, -0.15) is 0 Å². The fourth-order valence-corrected chi connectivity index (χ4v) is 2.27. The fourth-order valence-electron chi connectivity index (χ4n) is 2.27. The second-order valence-corrected chi connectivity index (χ2v) is 8.28. The number of hydrogen-bond acceptors (Lipinski definition) is 6. The summed E-state index contributed by atoms with van der Waals surface area (Å²) >= 11 is 0. The number of ether oxygens (including phenoxy) is 1. The summed E-state index contributed by atoms with van der Waals surface area (Å²) in [4.78, 5) is 59.0. The summed E-state index contributed by atoms with van der Waals surface area (Å²) < 4.78 is 5.14. The van der Waals surface area contributed by atoms with Gasteiger partial charge in [0, 0.05) is 12.5 Å². The van der Waals surface area contributed by atoms with Crippen molar-refractivity contribution < 1.29 is 33.8 Å². The van der Waals surface area contributed by atoms with E-state index >= 15 is 0 Å². The molecule has 0 heterocycles. The van der Waals surface area contributed by atoms with E-state index in [9.17, 15) is 24.0 Å². The van der Waals surface area contributed by atoms with E-state index in [0.717, 1.165) is 0 Å². The molecule has 0 spiro atoms. The molecule has 178 valence electrons. The van der Waals surface area contributed by atoms with Gasteiger partial charge in [-0.05, 0) is 47.0 Å². The first-order valence-electron chi connectivity index (χ1n) is 10.3. The van der Waals surface area contributed by atoms with Crippen molar-refractivity contribution >= 4 is 29.8 Å². The van der Waals surface area contributed by atoms with Crippen LogP contribution in [-0.2, 0) is 23.9 Å². The molecule has 3 unspecified atom stereocenters. The van der Waals surface area contributed by atoms with Crippen molar-refractivity contribution in [1.29, 1.82) is 0 Å². The van der Waals surface area contributed by atoms with E-state index in [1.54, 1.807) is 27.7 Å². The standard InChI is InChI=1S/C20H36N4O7/c1-7-12(2)16(27)24-14(9-8-10-21-19(30)31-20(4,5)6)18(29)23-13(3)17(28)22-11-15(25)26/h12-14H,7-11H2,1-6H3,(H,21,30)(H,22,28)(H,23,29)(H,24,27)(H,25,26). The maximum atomic E-state index is 12.6. The minimum absolute atomic E-state index is 0.216. The van der Waals surface area contributed by atoms with E-state index in [4.69, 9.17) is 9.84 Å². The van der Waals surface area contributed by atoms with E-state index < -0.39 is 48.1 Å². The Labute approximate surface area is 183 Å². The Hall–Kier alpha value is -2.85. The van der Waals surface area contributed by atoms with Gasteiger partial charge in [0.15, 0.2) is 0 Å². The number of carbonyl (C=O) groups is 5. The maximum Gasteiger partial charge on any atom is 0.407 e. The topological polar surface area (TPSA) is 163 Å². The summed E-state index contributed by atoms with van der Waals surface area (Å²) in [5.74, 6) is -3.04. The molecule has 5 N–H and O–H groups in total. The number of carboxylic acids is 1. The Morgan fingerprint density at radius 2 is 1.55 bits per heavy atom. The van der Waals surface area contributed by atoms with Crippen LogP contribution in [-0.4, -0.2) is 65.7 Å². The van der Waals surface area contributed by atoms with E-state index in [2.05, 4.69) is 21.3 Å². The van der Waals surface area contributed by atoms with Crippen LogP contribution in [0.4, 0.5) is 4.79 Å². The quantitative estimate of drug-likeness (QED) is 0.274. The number of rotatable bonds is 12. The Kier molecular flexibility index (Phi) is 12.2. The average Bonchev–Trinajstić information content (AvgIpc) is 2.65. The Morgan fingerprint density at radius 3 is 2.06 bits per heavy atom. The summed E-state index contributed by atoms with van der Waals surface area (Å²) in [6.45, 7) is 9.87. The lowest BCUT2D eigenvalue weighted by Crippen LogP contribution is -2.53. The zero-order chi connectivity index (χ0) is 24.2. The number of aliphatic carboxylic acids is 1. The highest BCUT2D eigenvalue weighted by Gasteiger charge is 2.26. The lowest BCUT2D eigenvalue weighted by atomic mass is 10.1. The zero-order valence-corrected chi connectivity index (χ0v) is 19.2. The van der Waals surface area contributed by atoms with E-state index in [1.807, 2.05) is 6.92 Å². The lowest BCUT2D eigenvalue weighted by molar-refractivity contribution is -0.138. The molecule has 0 bridgehead atoms. The molecule has 11 nitrogen and oxygen atoms in total. The minimum Gasteiger partial charge on any atom is -0.480 e. The smallest absolute Gasteiger partial charge is 0.407 e. The van der Waals surface area contributed by atoms with Crippen molar-refractivity contribution in [2.45, 2.75) is 78.5 Å². The predicted molar refractivity (Wildman–Crippen MR) is 113 cm³/mol. The largest absolute Gasteiger partial charge is 0.480 e. The van der Waals surface area contributed by atoms with Crippen LogP contribution in [0.2, 0.25) is 0 Å². The molecule has 0 aliphatic heterocycles. The normalized spacial score (nSPS) is 13.9. The molecule has 0 aliphatic rings. The Balaban J connectivity index is 4.86. The molecule has 4 amide bonds. The predicted octanol–water partition coefficient (Wildman–Crippen LogP) is 0.528. The molecule has 0 fully saturated rings. The lowest BCUT2D eigenvalue weighted by Gasteiger charge is -2.23. The molecular weight excluding hydrogens is 408 g/mol. The van der Waals surface area contributed by atoms with Crippen molar-refractivity contribution in [3.8, 4) is 0 Å². The first kappa shape index (κ1) is 28.1. The SMILES string of the molecule is CCC(C)C(=O)NC(CCCNC(=O)OC(C)(C)C)C(=O)NC(C)C(=O)NCC(=O)O. The van der Waals surface area contributed by atoms with E-state index in [-0.39, 0.29) is 24.8 Å². The molecule has 11 heteroatoms. The van der Waals surface area contributed by atoms with Gasteiger partial charge in [-0.1, -0.05) is 13.8 Å². The molecule has 0 saturated heterocycles. The molecule has 0 saturated carbocycles. The van der Waals surface area contributed by atoms with Crippen molar-refractivity contribution in [2.75, 3.05) is 13.1 Å². The fraction of sp³-hybridized carbons (Fsp3) is 0.750. The molecule has 0 aromatic rings. The van der Waals surface area contributed by atoms with Crippen molar-refractivity contribution in [1.82, 2.24) is 21.3 Å². The van der Waals surface area contributed by atoms with E-state index in [0.29, 0.717) is 12.8 Å². The van der Waals surface area contributed by atoms with Crippen molar-refractivity contribution in [3.63, 3.8) is 0 Å². The Bertz CT molecular complexity index is 646. The van der Waals surface area contributed by atoms with Crippen molar-refractivity contribution in [3.05, 3.63) is 0 Å². The number of carbonyl (C=O) groups excluding carboxylic acids is 4. The van der Waals surface area contributed by atoms with Gasteiger partial charge in [0.25, 0.3) is 0 Å². The van der Waals surface area contributed by atoms with E-state index in [1.165, 1.54) is 6.92 Å². The molecule has 0 radical (unpaired) electrons. The zero-order valence-electron chi connectivity index (χ0n) is 19.2. The van der Waals surface area contributed by atoms with Gasteiger partial charge in [-0.15, -0.1) is 0 Å². The van der Waals surface area contributed by atoms with Gasteiger partial charge in [-0.3, -0.25) is 19.2 Å². The average molecular weight is 445 g/mol. The molecule has 0 rings (SSSR count). The third kappa shape index (κ3) is 13.1. The summed E-state index contributed by atoms with van der Waals surface area (Å²) in [6, 6.07) is -1.91. The number of amides is 4. The van der Waals surface area contributed by atoms with Crippen LogP contribution in [0.15, 0.2) is 0 Å². The Morgan fingerprint density at radius 1 is 0.935 bits per heavy atom. The summed E-state index contributed by atoms with van der Waals surface area (Å²) in [5.41, 5.74) is -0.631. The van der Waals surface area contributed by atoms with Crippen LogP contribution < -0.4 is 21.3 Å². The van der Waals surface area contributed by atoms with Crippen LogP contribution in [0.1, 0.15) is 60.8 Å². The third-order valence-corrected chi connectivity index (χ3v) is 4.20. The molecule has 0 aromatic heterocycles. The first-order chi connectivity index (χ1) is 14.3. The highest BCUT2D eigenvalue weighted by atomic mass is 16.6. The molecular formula is C20H36N4O7.